The second kappa shape index (κ2) is 6.80. The van der Waals surface area contributed by atoms with Gasteiger partial charge in [-0.1, -0.05) is 23.8 Å². The van der Waals surface area contributed by atoms with Gasteiger partial charge in [-0.2, -0.15) is 0 Å². The van der Waals surface area contributed by atoms with Gasteiger partial charge in [0.25, 0.3) is 0 Å². The van der Waals surface area contributed by atoms with Crippen LogP contribution < -0.4 is 0 Å². The number of rotatable bonds is 6. The molecule has 2 saturated carbocycles. The number of likely N-dealkylation sites (tertiary alicyclic amines) is 1. The Kier molecular flexibility index (Phi) is 4.35. The molecule has 1 heterocycles. The summed E-state index contributed by atoms with van der Waals surface area (Å²) in [7, 11) is 0. The van der Waals surface area contributed by atoms with Crippen molar-refractivity contribution in [3.63, 3.8) is 0 Å². The molecular weight excluding hydrogens is 394 g/mol. The van der Waals surface area contributed by atoms with Gasteiger partial charge >= 0.3 is 5.97 Å². The summed E-state index contributed by atoms with van der Waals surface area (Å²) in [5.74, 6) is -0.348. The number of carbonyl (C=O) groups is 4. The van der Waals surface area contributed by atoms with Crippen LogP contribution in [0.15, 0.2) is 36.4 Å². The first kappa shape index (κ1) is 18.6. The van der Waals surface area contributed by atoms with E-state index in [4.69, 9.17) is 16.3 Å². The number of halogens is 1. The van der Waals surface area contributed by atoms with Crippen molar-refractivity contribution in [2.24, 2.45) is 35.5 Å². The highest BCUT2D eigenvalue weighted by atomic mass is 35.5. The van der Waals surface area contributed by atoms with Crippen LogP contribution in [0.4, 0.5) is 0 Å². The summed E-state index contributed by atoms with van der Waals surface area (Å²) >= 11 is 5.79. The Morgan fingerprint density at radius 1 is 1.00 bits per heavy atom. The van der Waals surface area contributed by atoms with Crippen LogP contribution in [0.3, 0.4) is 0 Å². The molecule has 150 valence electrons. The molecule has 6 rings (SSSR count). The second-order valence-electron chi connectivity index (χ2n) is 8.32. The predicted molar refractivity (Wildman–Crippen MR) is 103 cm³/mol. The zero-order valence-electron chi connectivity index (χ0n) is 15.6. The van der Waals surface area contributed by atoms with Crippen molar-refractivity contribution in [1.82, 2.24) is 4.90 Å². The highest BCUT2D eigenvalue weighted by Gasteiger charge is 2.66. The number of Topliss-reactive ketones (excluding diaryl/α,β-unsaturated/α-hetero) is 1. The molecule has 1 saturated heterocycles. The molecule has 7 heteroatoms. The number of benzene rings is 1. The maximum atomic E-state index is 12.8. The molecule has 6 unspecified atom stereocenters. The zero-order valence-corrected chi connectivity index (χ0v) is 16.4. The minimum atomic E-state index is -0.605. The van der Waals surface area contributed by atoms with Crippen molar-refractivity contribution in [1.29, 1.82) is 0 Å². The van der Waals surface area contributed by atoms with Crippen molar-refractivity contribution < 1.29 is 23.9 Å². The van der Waals surface area contributed by atoms with Gasteiger partial charge in [0.1, 0.15) is 0 Å². The molecule has 6 nitrogen and oxygen atoms in total. The normalized spacial score (nSPS) is 33.5. The first-order valence-electron chi connectivity index (χ1n) is 9.93. The van der Waals surface area contributed by atoms with Crippen LogP contribution >= 0.6 is 11.6 Å². The van der Waals surface area contributed by atoms with Gasteiger partial charge in [0, 0.05) is 17.1 Å². The monoisotopic (exact) mass is 413 g/mol. The molecule has 1 aromatic rings. The number of imide groups is 1. The molecule has 0 spiro atoms. The van der Waals surface area contributed by atoms with Crippen LogP contribution in [0.2, 0.25) is 5.02 Å². The van der Waals surface area contributed by atoms with Gasteiger partial charge in [-0.25, -0.2) is 0 Å². The van der Waals surface area contributed by atoms with Gasteiger partial charge in [-0.3, -0.25) is 24.1 Å². The molecule has 1 aromatic carbocycles. The van der Waals surface area contributed by atoms with E-state index in [1.54, 1.807) is 24.3 Å². The molecular formula is C22H20ClNO5. The average Bonchev–Trinajstić information content (AvgIpc) is 3.50. The third-order valence-electron chi connectivity index (χ3n) is 6.82. The van der Waals surface area contributed by atoms with Crippen molar-refractivity contribution >= 4 is 35.2 Å². The maximum absolute atomic E-state index is 12.8. The minimum absolute atomic E-state index is 0.00735. The fourth-order valence-electron chi connectivity index (χ4n) is 5.38. The number of hydrogen-bond donors (Lipinski definition) is 0. The molecule has 0 radical (unpaired) electrons. The number of ether oxygens (including phenoxy) is 1. The van der Waals surface area contributed by atoms with Crippen molar-refractivity contribution in [3.8, 4) is 0 Å². The maximum Gasteiger partial charge on any atom is 0.308 e. The molecule has 0 aromatic heterocycles. The first-order valence-corrected chi connectivity index (χ1v) is 10.3. The highest BCUT2D eigenvalue weighted by molar-refractivity contribution is 6.30. The lowest BCUT2D eigenvalue weighted by atomic mass is 9.63. The van der Waals surface area contributed by atoms with E-state index >= 15 is 0 Å². The van der Waals surface area contributed by atoms with E-state index in [0.29, 0.717) is 22.4 Å². The number of esters is 1. The lowest BCUT2D eigenvalue weighted by molar-refractivity contribution is -0.145. The summed E-state index contributed by atoms with van der Waals surface area (Å²) in [6.07, 6.45) is 5.24. The SMILES string of the molecule is O=C(CCN1C(=O)C2C3C=CC(C4CC34)C2C1=O)OCC(=O)c1ccc(Cl)cc1. The number of amides is 2. The summed E-state index contributed by atoms with van der Waals surface area (Å²) in [5.41, 5.74) is 0.401. The molecule has 6 atom stereocenters. The Balaban J connectivity index is 1.15. The average molecular weight is 414 g/mol. The molecule has 1 aliphatic heterocycles. The van der Waals surface area contributed by atoms with Gasteiger partial charge in [0.05, 0.1) is 18.3 Å². The number of allylic oxidation sites excluding steroid dienone is 2. The van der Waals surface area contributed by atoms with Crippen LogP contribution in [0, 0.1) is 35.5 Å². The standard InChI is InChI=1S/C22H20ClNO5/c23-12-3-1-11(2-4-12)17(25)10-29-18(26)7-8-24-21(27)19-13-5-6-14(16-9-15(13)16)20(19)22(24)28/h1-6,13-16,19-20H,7-10H2. The van der Waals surface area contributed by atoms with Crippen LogP contribution in [0.25, 0.3) is 0 Å². The third-order valence-corrected chi connectivity index (χ3v) is 7.08. The quantitative estimate of drug-likeness (QED) is 0.310. The summed E-state index contributed by atoms with van der Waals surface area (Å²) < 4.78 is 5.03. The molecule has 3 fully saturated rings. The van der Waals surface area contributed by atoms with Gasteiger partial charge in [0.15, 0.2) is 12.4 Å². The number of ketones is 1. The van der Waals surface area contributed by atoms with Gasteiger partial charge < -0.3 is 4.74 Å². The molecule has 4 aliphatic carbocycles. The molecule has 2 bridgehead atoms. The van der Waals surface area contributed by atoms with Crippen molar-refractivity contribution in [3.05, 3.63) is 47.0 Å². The zero-order chi connectivity index (χ0) is 20.3. The van der Waals surface area contributed by atoms with E-state index < -0.39 is 5.97 Å². The Morgan fingerprint density at radius 3 is 2.17 bits per heavy atom. The number of nitrogens with zero attached hydrogens (tertiary/aromatic N) is 1. The molecule has 5 aliphatic rings. The van der Waals surface area contributed by atoms with Gasteiger partial charge in [-0.05, 0) is 54.4 Å². The Bertz CT molecular complexity index is 903. The summed E-state index contributed by atoms with van der Waals surface area (Å²) in [4.78, 5) is 51.1. The van der Waals surface area contributed by atoms with E-state index in [-0.39, 0.29) is 60.8 Å². The van der Waals surface area contributed by atoms with Crippen LogP contribution in [0.5, 0.6) is 0 Å². The smallest absolute Gasteiger partial charge is 0.308 e. The van der Waals surface area contributed by atoms with Gasteiger partial charge in [-0.15, -0.1) is 0 Å². The second-order valence-corrected chi connectivity index (χ2v) is 8.76. The van der Waals surface area contributed by atoms with E-state index in [2.05, 4.69) is 12.2 Å². The van der Waals surface area contributed by atoms with E-state index in [9.17, 15) is 19.2 Å². The summed E-state index contributed by atoms with van der Waals surface area (Å²) in [6, 6.07) is 6.31. The highest BCUT2D eigenvalue weighted by Crippen LogP contribution is 2.65. The molecule has 0 N–H and O–H groups in total. The molecule has 2 amide bonds. The van der Waals surface area contributed by atoms with Gasteiger partial charge in [0.2, 0.25) is 11.8 Å². The van der Waals surface area contributed by atoms with E-state index in [1.165, 1.54) is 4.90 Å². The van der Waals surface area contributed by atoms with Crippen molar-refractivity contribution in [2.75, 3.05) is 13.2 Å². The Hall–Kier alpha value is -2.47. The fourth-order valence-corrected chi connectivity index (χ4v) is 5.51. The lowest BCUT2D eigenvalue weighted by Gasteiger charge is -2.37. The number of hydrogen-bond acceptors (Lipinski definition) is 5. The summed E-state index contributed by atoms with van der Waals surface area (Å²) in [6.45, 7) is -0.377. The number of carbonyl (C=O) groups excluding carboxylic acids is 4. The lowest BCUT2D eigenvalue weighted by Crippen LogP contribution is -2.40. The Morgan fingerprint density at radius 2 is 1.59 bits per heavy atom. The minimum Gasteiger partial charge on any atom is -0.457 e. The third kappa shape index (κ3) is 3.01. The van der Waals surface area contributed by atoms with Crippen LogP contribution in [-0.2, 0) is 19.1 Å². The predicted octanol–water partition coefficient (Wildman–Crippen LogP) is 2.51. The topological polar surface area (TPSA) is 80.8 Å². The van der Waals surface area contributed by atoms with E-state index in [0.717, 1.165) is 6.42 Å². The molecule has 29 heavy (non-hydrogen) atoms. The van der Waals surface area contributed by atoms with Crippen LogP contribution in [0.1, 0.15) is 23.2 Å². The van der Waals surface area contributed by atoms with Crippen molar-refractivity contribution in [2.45, 2.75) is 12.8 Å². The van der Waals surface area contributed by atoms with Crippen LogP contribution in [-0.4, -0.2) is 41.6 Å². The first-order chi connectivity index (χ1) is 14.0. The van der Waals surface area contributed by atoms with E-state index in [1.807, 2.05) is 0 Å². The summed E-state index contributed by atoms with van der Waals surface area (Å²) in [5, 5.41) is 0.514. The Labute approximate surface area is 172 Å². The largest absolute Gasteiger partial charge is 0.457 e. The fraction of sp³-hybridized carbons (Fsp3) is 0.455.